The van der Waals surface area contributed by atoms with Gasteiger partial charge in [0.2, 0.25) is 0 Å². The number of esters is 1. The molecule has 1 atom stereocenters. The van der Waals surface area contributed by atoms with E-state index in [2.05, 4.69) is 0 Å². The van der Waals surface area contributed by atoms with Crippen LogP contribution in [-0.4, -0.2) is 32.0 Å². The summed E-state index contributed by atoms with van der Waals surface area (Å²) in [6.07, 6.45) is 0.535. The molecule has 1 fully saturated rings. The normalized spacial score (nSPS) is 21.4. The molecule has 4 nitrogen and oxygen atoms in total. The lowest BCUT2D eigenvalue weighted by Gasteiger charge is -2.22. The number of ether oxygens (including phenoxy) is 1. The highest BCUT2D eigenvalue weighted by Gasteiger charge is 2.28. The van der Waals surface area contributed by atoms with E-state index in [4.69, 9.17) is 16.3 Å². The third-order valence-electron chi connectivity index (χ3n) is 3.50. The fourth-order valence-corrected chi connectivity index (χ4v) is 4.10. The first-order chi connectivity index (χ1) is 9.28. The standard InChI is InChI=1S/C14H17ClO4S/c1-9-6-12(13(15)7-10(9)2)14(16)19-11-4-3-5-20(17,18)8-11/h6-7,11H,3-5,8H2,1-2H3/t11-/m1/s1. The van der Waals surface area contributed by atoms with E-state index in [1.807, 2.05) is 13.8 Å². The Morgan fingerprint density at radius 3 is 2.60 bits per heavy atom. The highest BCUT2D eigenvalue weighted by molar-refractivity contribution is 7.91. The minimum Gasteiger partial charge on any atom is -0.458 e. The summed E-state index contributed by atoms with van der Waals surface area (Å²) in [6, 6.07) is 3.39. The Kier molecular flexibility index (Phi) is 4.39. The topological polar surface area (TPSA) is 60.4 Å². The fourth-order valence-electron chi connectivity index (χ4n) is 2.23. The molecule has 0 aliphatic carbocycles. The highest BCUT2D eigenvalue weighted by atomic mass is 35.5. The Bertz CT molecular complexity index is 637. The average Bonchev–Trinajstić information content (AvgIpc) is 2.32. The van der Waals surface area contributed by atoms with Crippen LogP contribution in [0.15, 0.2) is 12.1 Å². The molecule has 0 bridgehead atoms. The van der Waals surface area contributed by atoms with Crippen LogP contribution in [0.3, 0.4) is 0 Å². The number of hydrogen-bond donors (Lipinski definition) is 0. The van der Waals surface area contributed by atoms with Crippen LogP contribution in [0.1, 0.15) is 34.3 Å². The number of carbonyl (C=O) groups excluding carboxylic acids is 1. The van der Waals surface area contributed by atoms with Gasteiger partial charge in [0.15, 0.2) is 9.84 Å². The molecule has 1 aliphatic rings. The molecule has 2 rings (SSSR count). The van der Waals surface area contributed by atoms with Crippen molar-refractivity contribution < 1.29 is 17.9 Å². The third kappa shape index (κ3) is 3.52. The molecule has 1 aromatic rings. The van der Waals surface area contributed by atoms with Crippen LogP contribution in [0.5, 0.6) is 0 Å². The zero-order valence-electron chi connectivity index (χ0n) is 11.5. The zero-order chi connectivity index (χ0) is 14.9. The van der Waals surface area contributed by atoms with Gasteiger partial charge in [-0.2, -0.15) is 0 Å². The molecule has 0 N–H and O–H groups in total. The summed E-state index contributed by atoms with van der Waals surface area (Å²) in [7, 11) is -3.09. The molecule has 0 unspecified atom stereocenters. The van der Waals surface area contributed by atoms with Crippen LogP contribution in [0.2, 0.25) is 5.02 Å². The van der Waals surface area contributed by atoms with Gasteiger partial charge in [-0.3, -0.25) is 0 Å². The smallest absolute Gasteiger partial charge is 0.339 e. The van der Waals surface area contributed by atoms with Gasteiger partial charge < -0.3 is 4.74 Å². The maximum atomic E-state index is 12.1. The summed E-state index contributed by atoms with van der Waals surface area (Å²) < 4.78 is 28.3. The van der Waals surface area contributed by atoms with Gasteiger partial charge in [0.05, 0.1) is 22.1 Å². The number of carbonyl (C=O) groups is 1. The van der Waals surface area contributed by atoms with Gasteiger partial charge in [0, 0.05) is 0 Å². The van der Waals surface area contributed by atoms with E-state index in [1.165, 1.54) is 0 Å². The quantitative estimate of drug-likeness (QED) is 0.787. The molecule has 110 valence electrons. The molecule has 0 amide bonds. The van der Waals surface area contributed by atoms with Crippen LogP contribution >= 0.6 is 11.6 Å². The molecule has 0 aromatic heterocycles. The van der Waals surface area contributed by atoms with Crippen LogP contribution in [0, 0.1) is 13.8 Å². The minimum atomic E-state index is -3.09. The highest BCUT2D eigenvalue weighted by Crippen LogP contribution is 2.23. The summed E-state index contributed by atoms with van der Waals surface area (Å²) in [5.74, 6) is -0.479. The number of rotatable bonds is 2. The molecule has 0 spiro atoms. The van der Waals surface area contributed by atoms with Crippen LogP contribution < -0.4 is 0 Å². The van der Waals surface area contributed by atoms with E-state index in [1.54, 1.807) is 12.1 Å². The maximum Gasteiger partial charge on any atom is 0.339 e. The van der Waals surface area contributed by atoms with Crippen molar-refractivity contribution in [2.75, 3.05) is 11.5 Å². The number of aryl methyl sites for hydroxylation is 2. The van der Waals surface area contributed by atoms with Crippen molar-refractivity contribution in [2.45, 2.75) is 32.8 Å². The number of hydrogen-bond acceptors (Lipinski definition) is 4. The first-order valence-electron chi connectivity index (χ1n) is 6.46. The lowest BCUT2D eigenvalue weighted by molar-refractivity contribution is 0.0323. The molecular formula is C14H17ClO4S. The van der Waals surface area contributed by atoms with Gasteiger partial charge in [-0.05, 0) is 49.9 Å². The van der Waals surface area contributed by atoms with Crippen molar-refractivity contribution in [1.29, 1.82) is 0 Å². The Hall–Kier alpha value is -1.07. The fraction of sp³-hybridized carbons (Fsp3) is 0.500. The SMILES string of the molecule is Cc1cc(Cl)c(C(=O)O[C@@H]2CCCS(=O)(=O)C2)cc1C. The summed E-state index contributed by atoms with van der Waals surface area (Å²) in [6.45, 7) is 3.79. The Morgan fingerprint density at radius 1 is 1.30 bits per heavy atom. The van der Waals surface area contributed by atoms with E-state index in [0.717, 1.165) is 11.1 Å². The van der Waals surface area contributed by atoms with Crippen molar-refractivity contribution in [3.8, 4) is 0 Å². The molecule has 20 heavy (non-hydrogen) atoms. The molecule has 1 heterocycles. The van der Waals surface area contributed by atoms with Crippen LogP contribution in [0.25, 0.3) is 0 Å². The second kappa shape index (κ2) is 5.74. The molecule has 1 aliphatic heterocycles. The van der Waals surface area contributed by atoms with Crippen molar-refractivity contribution in [3.63, 3.8) is 0 Å². The van der Waals surface area contributed by atoms with Gasteiger partial charge in [0.25, 0.3) is 0 Å². The Morgan fingerprint density at radius 2 is 1.95 bits per heavy atom. The molecule has 0 saturated carbocycles. The van der Waals surface area contributed by atoms with Crippen LogP contribution in [-0.2, 0) is 14.6 Å². The predicted molar refractivity (Wildman–Crippen MR) is 78.0 cm³/mol. The van der Waals surface area contributed by atoms with Gasteiger partial charge in [0.1, 0.15) is 6.10 Å². The molecular weight excluding hydrogens is 300 g/mol. The van der Waals surface area contributed by atoms with E-state index in [9.17, 15) is 13.2 Å². The average molecular weight is 317 g/mol. The van der Waals surface area contributed by atoms with E-state index >= 15 is 0 Å². The van der Waals surface area contributed by atoms with Gasteiger partial charge in [-0.25, -0.2) is 13.2 Å². The zero-order valence-corrected chi connectivity index (χ0v) is 13.1. The molecule has 6 heteroatoms. The largest absolute Gasteiger partial charge is 0.458 e. The third-order valence-corrected chi connectivity index (χ3v) is 5.60. The van der Waals surface area contributed by atoms with E-state index in [0.29, 0.717) is 17.9 Å². The first-order valence-corrected chi connectivity index (χ1v) is 8.66. The number of benzene rings is 1. The van der Waals surface area contributed by atoms with Gasteiger partial charge in [-0.1, -0.05) is 11.6 Å². The van der Waals surface area contributed by atoms with E-state index < -0.39 is 21.9 Å². The molecule has 1 aromatic carbocycles. The molecule has 0 radical (unpaired) electrons. The maximum absolute atomic E-state index is 12.1. The summed E-state index contributed by atoms with van der Waals surface area (Å²) >= 11 is 6.05. The number of halogens is 1. The number of sulfone groups is 1. The Labute approximate surface area is 124 Å². The summed E-state index contributed by atoms with van der Waals surface area (Å²) in [4.78, 5) is 12.1. The van der Waals surface area contributed by atoms with E-state index in [-0.39, 0.29) is 17.1 Å². The van der Waals surface area contributed by atoms with Crippen molar-refractivity contribution in [3.05, 3.63) is 33.8 Å². The van der Waals surface area contributed by atoms with Crippen molar-refractivity contribution >= 4 is 27.4 Å². The minimum absolute atomic E-state index is 0.0960. The van der Waals surface area contributed by atoms with Crippen LogP contribution in [0.4, 0.5) is 0 Å². The Balaban J connectivity index is 2.14. The summed E-state index contributed by atoms with van der Waals surface area (Å²) in [5, 5.41) is 0.330. The lowest BCUT2D eigenvalue weighted by Crippen LogP contribution is -2.33. The first kappa shape index (κ1) is 15.3. The second-order valence-electron chi connectivity index (χ2n) is 5.20. The van der Waals surface area contributed by atoms with Crippen molar-refractivity contribution in [2.24, 2.45) is 0 Å². The lowest BCUT2D eigenvalue weighted by atomic mass is 10.1. The van der Waals surface area contributed by atoms with Crippen molar-refractivity contribution in [1.82, 2.24) is 0 Å². The monoisotopic (exact) mass is 316 g/mol. The predicted octanol–water partition coefficient (Wildman–Crippen LogP) is 2.69. The molecule has 1 saturated heterocycles. The summed E-state index contributed by atoms with van der Waals surface area (Å²) in [5.41, 5.74) is 2.22. The van der Waals surface area contributed by atoms with Gasteiger partial charge >= 0.3 is 5.97 Å². The van der Waals surface area contributed by atoms with Gasteiger partial charge in [-0.15, -0.1) is 0 Å². The second-order valence-corrected chi connectivity index (χ2v) is 7.84.